The first-order valence-electron chi connectivity index (χ1n) is 9.80. The Balaban J connectivity index is 1.17. The van der Waals surface area contributed by atoms with Crippen molar-refractivity contribution in [1.29, 1.82) is 0 Å². The second kappa shape index (κ2) is 9.23. The van der Waals surface area contributed by atoms with Crippen molar-refractivity contribution >= 4 is 34.8 Å². The number of anilines is 2. The summed E-state index contributed by atoms with van der Waals surface area (Å²) in [6.07, 6.45) is 0. The molecule has 2 aliphatic heterocycles. The zero-order valence-electron chi connectivity index (χ0n) is 16.4. The first-order valence-corrected chi connectivity index (χ1v) is 10.2. The van der Waals surface area contributed by atoms with Crippen molar-refractivity contribution in [3.05, 3.63) is 47.5 Å². The quantitative estimate of drug-likeness (QED) is 0.705. The van der Waals surface area contributed by atoms with Crippen LogP contribution in [0, 0.1) is 0 Å². The molecule has 2 aromatic carbocycles. The Kier molecular flexibility index (Phi) is 6.25. The van der Waals surface area contributed by atoms with E-state index in [2.05, 4.69) is 20.4 Å². The molecule has 0 saturated carbocycles. The Morgan fingerprint density at radius 2 is 1.67 bits per heavy atom. The highest BCUT2D eigenvalue weighted by Gasteiger charge is 2.19. The molecule has 0 spiro atoms. The van der Waals surface area contributed by atoms with Gasteiger partial charge < -0.3 is 25.0 Å². The van der Waals surface area contributed by atoms with Crippen LogP contribution in [0.5, 0.6) is 11.5 Å². The van der Waals surface area contributed by atoms with Crippen LogP contribution >= 0.6 is 11.6 Å². The number of fused-ring (bicyclic) bond motifs is 1. The third-order valence-electron chi connectivity index (χ3n) is 5.11. The molecule has 2 heterocycles. The molecule has 0 atom stereocenters. The van der Waals surface area contributed by atoms with Crippen molar-refractivity contribution in [3.8, 4) is 11.5 Å². The maximum absolute atomic E-state index is 12.1. The van der Waals surface area contributed by atoms with Gasteiger partial charge in [-0.15, -0.1) is 0 Å². The van der Waals surface area contributed by atoms with Crippen LogP contribution in [0.3, 0.4) is 0 Å². The van der Waals surface area contributed by atoms with E-state index in [-0.39, 0.29) is 6.79 Å². The van der Waals surface area contributed by atoms with Gasteiger partial charge in [0.25, 0.3) is 0 Å². The van der Waals surface area contributed by atoms with E-state index >= 15 is 0 Å². The number of piperazine rings is 1. The maximum Gasteiger partial charge on any atom is 0.313 e. The van der Waals surface area contributed by atoms with Gasteiger partial charge in [0, 0.05) is 61.7 Å². The molecule has 1 saturated heterocycles. The summed E-state index contributed by atoms with van der Waals surface area (Å²) in [7, 11) is 0. The zero-order chi connectivity index (χ0) is 20.9. The summed E-state index contributed by atoms with van der Waals surface area (Å²) in [6, 6.07) is 12.8. The van der Waals surface area contributed by atoms with Crippen LogP contribution in [-0.4, -0.2) is 62.8 Å². The highest BCUT2D eigenvalue weighted by Crippen LogP contribution is 2.34. The van der Waals surface area contributed by atoms with Gasteiger partial charge in [-0.1, -0.05) is 11.6 Å². The molecule has 0 aliphatic carbocycles. The van der Waals surface area contributed by atoms with Crippen LogP contribution in [0.15, 0.2) is 42.5 Å². The number of hydrogen-bond donors (Lipinski definition) is 2. The molecule has 1 fully saturated rings. The number of carbonyl (C=O) groups is 2. The van der Waals surface area contributed by atoms with E-state index in [0.717, 1.165) is 36.9 Å². The molecule has 0 aromatic heterocycles. The summed E-state index contributed by atoms with van der Waals surface area (Å²) < 4.78 is 10.5. The van der Waals surface area contributed by atoms with Crippen LogP contribution in [0.25, 0.3) is 0 Å². The van der Waals surface area contributed by atoms with E-state index in [9.17, 15) is 9.59 Å². The van der Waals surface area contributed by atoms with Crippen LogP contribution in [0.4, 0.5) is 11.4 Å². The molecule has 2 aromatic rings. The van der Waals surface area contributed by atoms with Gasteiger partial charge in [0.1, 0.15) is 0 Å². The molecule has 2 N–H and O–H groups in total. The second-order valence-electron chi connectivity index (χ2n) is 7.08. The maximum atomic E-state index is 12.1. The Morgan fingerprint density at radius 1 is 0.933 bits per heavy atom. The van der Waals surface area contributed by atoms with E-state index in [1.165, 1.54) is 0 Å². The van der Waals surface area contributed by atoms with E-state index in [1.807, 2.05) is 24.3 Å². The fourth-order valence-electron chi connectivity index (χ4n) is 3.45. The van der Waals surface area contributed by atoms with E-state index in [4.69, 9.17) is 21.1 Å². The highest BCUT2D eigenvalue weighted by molar-refractivity contribution is 6.39. The number of nitrogens with zero attached hydrogens (tertiary/aromatic N) is 2. The number of benzene rings is 2. The van der Waals surface area contributed by atoms with Gasteiger partial charge in [0.2, 0.25) is 6.79 Å². The Morgan fingerprint density at radius 3 is 2.43 bits per heavy atom. The molecule has 0 unspecified atom stereocenters. The smallest absolute Gasteiger partial charge is 0.313 e. The third kappa shape index (κ3) is 4.95. The van der Waals surface area contributed by atoms with Crippen molar-refractivity contribution < 1.29 is 19.1 Å². The topological polar surface area (TPSA) is 83.1 Å². The number of carbonyl (C=O) groups excluding carboxylic acids is 2. The van der Waals surface area contributed by atoms with E-state index in [0.29, 0.717) is 30.3 Å². The van der Waals surface area contributed by atoms with Gasteiger partial charge in [-0.3, -0.25) is 14.5 Å². The summed E-state index contributed by atoms with van der Waals surface area (Å²) in [4.78, 5) is 28.7. The number of ether oxygens (including phenoxy) is 2. The normalized spacial score (nSPS) is 15.7. The van der Waals surface area contributed by atoms with E-state index in [1.54, 1.807) is 18.2 Å². The van der Waals surface area contributed by atoms with Crippen LogP contribution in [0.1, 0.15) is 0 Å². The molecule has 0 radical (unpaired) electrons. The lowest BCUT2D eigenvalue weighted by molar-refractivity contribution is -0.136. The summed E-state index contributed by atoms with van der Waals surface area (Å²) in [5, 5.41) is 5.98. The highest BCUT2D eigenvalue weighted by atomic mass is 35.5. The number of nitrogens with one attached hydrogen (secondary N) is 2. The summed E-state index contributed by atoms with van der Waals surface area (Å²) >= 11 is 5.95. The van der Waals surface area contributed by atoms with Gasteiger partial charge in [-0.25, -0.2) is 0 Å². The first-order chi connectivity index (χ1) is 14.6. The van der Waals surface area contributed by atoms with Gasteiger partial charge in [-0.05, 0) is 36.4 Å². The fourth-order valence-corrected chi connectivity index (χ4v) is 3.58. The van der Waals surface area contributed by atoms with Gasteiger partial charge in [0.05, 0.1) is 0 Å². The largest absolute Gasteiger partial charge is 0.454 e. The molecule has 0 bridgehead atoms. The SMILES string of the molecule is O=C(NCCN1CCN(c2ccc(Cl)cc2)CC1)C(=O)Nc1ccc2c(c1)OCO2. The summed E-state index contributed by atoms with van der Waals surface area (Å²) in [5.74, 6) is -0.201. The second-order valence-corrected chi connectivity index (χ2v) is 7.52. The number of rotatable bonds is 5. The molecular formula is C21H23ClN4O4. The minimum atomic E-state index is -0.707. The summed E-state index contributed by atoms with van der Waals surface area (Å²) in [5.41, 5.74) is 1.64. The Hall–Kier alpha value is -2.97. The Bertz CT molecular complexity index is 914. The van der Waals surface area contributed by atoms with Crippen molar-refractivity contribution in [2.45, 2.75) is 0 Å². The number of amides is 2. The molecular weight excluding hydrogens is 408 g/mol. The zero-order valence-corrected chi connectivity index (χ0v) is 17.2. The van der Waals surface area contributed by atoms with Crippen LogP contribution < -0.4 is 25.0 Å². The van der Waals surface area contributed by atoms with Crippen LogP contribution in [0.2, 0.25) is 5.02 Å². The Labute approximate surface area is 179 Å². The lowest BCUT2D eigenvalue weighted by Gasteiger charge is -2.36. The molecule has 2 aliphatic rings. The lowest BCUT2D eigenvalue weighted by atomic mass is 10.2. The average molecular weight is 431 g/mol. The lowest BCUT2D eigenvalue weighted by Crippen LogP contribution is -2.49. The third-order valence-corrected chi connectivity index (χ3v) is 5.37. The predicted molar refractivity (Wildman–Crippen MR) is 114 cm³/mol. The van der Waals surface area contributed by atoms with Crippen molar-refractivity contribution in [3.63, 3.8) is 0 Å². The number of hydrogen-bond acceptors (Lipinski definition) is 6. The minimum absolute atomic E-state index is 0.154. The molecule has 30 heavy (non-hydrogen) atoms. The monoisotopic (exact) mass is 430 g/mol. The van der Waals surface area contributed by atoms with Crippen LogP contribution in [-0.2, 0) is 9.59 Å². The van der Waals surface area contributed by atoms with Gasteiger partial charge >= 0.3 is 11.8 Å². The van der Waals surface area contributed by atoms with Crippen molar-refractivity contribution in [2.24, 2.45) is 0 Å². The first kappa shape index (κ1) is 20.3. The predicted octanol–water partition coefficient (Wildman–Crippen LogP) is 1.95. The fraction of sp³-hybridized carbons (Fsp3) is 0.333. The average Bonchev–Trinajstić information content (AvgIpc) is 3.22. The van der Waals surface area contributed by atoms with E-state index < -0.39 is 11.8 Å². The molecule has 4 rings (SSSR count). The summed E-state index contributed by atoms with van der Waals surface area (Å²) in [6.45, 7) is 4.84. The van der Waals surface area contributed by atoms with Gasteiger partial charge in [-0.2, -0.15) is 0 Å². The standard InChI is InChI=1S/C21H23ClN4O4/c22-15-1-4-17(5-2-15)26-11-9-25(10-12-26)8-7-23-20(27)21(28)24-16-3-6-18-19(13-16)30-14-29-18/h1-6,13H,7-12,14H2,(H,23,27)(H,24,28). The molecule has 2 amide bonds. The van der Waals surface area contributed by atoms with Crippen molar-refractivity contribution in [1.82, 2.24) is 10.2 Å². The molecule has 158 valence electrons. The minimum Gasteiger partial charge on any atom is -0.454 e. The number of halogens is 1. The van der Waals surface area contributed by atoms with Crippen molar-refractivity contribution in [2.75, 3.05) is 56.3 Å². The van der Waals surface area contributed by atoms with Gasteiger partial charge in [0.15, 0.2) is 11.5 Å². The molecule has 8 nitrogen and oxygen atoms in total. The molecule has 9 heteroatoms.